The van der Waals surface area contributed by atoms with Gasteiger partial charge in [0.1, 0.15) is 5.76 Å². The summed E-state index contributed by atoms with van der Waals surface area (Å²) < 4.78 is 6.04. The minimum atomic E-state index is -0.344. The van der Waals surface area contributed by atoms with Gasteiger partial charge in [-0.25, -0.2) is 4.79 Å². The first-order valence-corrected chi connectivity index (χ1v) is 10.3. The Kier molecular flexibility index (Phi) is 5.04. The Morgan fingerprint density at radius 2 is 0.742 bits per heavy atom. The molecule has 2 heteroatoms. The van der Waals surface area contributed by atoms with Crippen LogP contribution < -0.4 is 5.63 Å². The number of hydrogen-bond donors (Lipinski definition) is 0. The maximum absolute atomic E-state index is 13.4. The van der Waals surface area contributed by atoms with Crippen molar-refractivity contribution in [2.45, 2.75) is 0 Å². The Bertz CT molecular complexity index is 1350. The summed E-state index contributed by atoms with van der Waals surface area (Å²) in [6.45, 7) is 0. The van der Waals surface area contributed by atoms with Crippen LogP contribution in [-0.4, -0.2) is 0 Å². The lowest BCUT2D eigenvalue weighted by Crippen LogP contribution is -2.08. The van der Waals surface area contributed by atoms with Crippen molar-refractivity contribution < 1.29 is 4.42 Å². The van der Waals surface area contributed by atoms with Gasteiger partial charge in [-0.05, 0) is 16.7 Å². The van der Waals surface area contributed by atoms with Crippen LogP contribution in [-0.2, 0) is 0 Å². The first kappa shape index (κ1) is 18.8. The smallest absolute Gasteiger partial charge is 0.344 e. The molecule has 0 atom stereocenters. The van der Waals surface area contributed by atoms with Gasteiger partial charge in [-0.1, -0.05) is 121 Å². The molecule has 0 aliphatic heterocycles. The molecule has 0 unspecified atom stereocenters. The van der Waals surface area contributed by atoms with Crippen molar-refractivity contribution in [3.63, 3.8) is 0 Å². The molecule has 5 rings (SSSR count). The van der Waals surface area contributed by atoms with Crippen LogP contribution in [0.15, 0.2) is 131 Å². The zero-order chi connectivity index (χ0) is 21.0. The van der Waals surface area contributed by atoms with E-state index in [-0.39, 0.29) is 5.63 Å². The van der Waals surface area contributed by atoms with E-state index in [2.05, 4.69) is 12.1 Å². The maximum atomic E-state index is 13.4. The second kappa shape index (κ2) is 8.29. The van der Waals surface area contributed by atoms with Crippen LogP contribution in [0.5, 0.6) is 0 Å². The fourth-order valence-corrected chi connectivity index (χ4v) is 3.97. The van der Waals surface area contributed by atoms with Crippen LogP contribution in [0, 0.1) is 0 Å². The molecule has 2 nitrogen and oxygen atoms in total. The van der Waals surface area contributed by atoms with Crippen LogP contribution in [0.2, 0.25) is 0 Å². The standard InChI is InChI=1S/C29H20O2/c30-29-27(23-17-9-3-10-18-23)25(21-13-5-1-6-14-21)26(22-15-7-2-8-16-22)28(31-29)24-19-11-4-12-20-24/h1-20H. The fraction of sp³-hybridized carbons (Fsp3) is 0. The molecule has 0 N–H and O–H groups in total. The molecule has 0 saturated carbocycles. The summed E-state index contributed by atoms with van der Waals surface area (Å²) in [5.74, 6) is 0.579. The summed E-state index contributed by atoms with van der Waals surface area (Å²) >= 11 is 0. The molecule has 0 radical (unpaired) electrons. The lowest BCUT2D eigenvalue weighted by Gasteiger charge is -2.18. The van der Waals surface area contributed by atoms with Gasteiger partial charge in [0.2, 0.25) is 0 Å². The van der Waals surface area contributed by atoms with Gasteiger partial charge in [-0.15, -0.1) is 0 Å². The summed E-state index contributed by atoms with van der Waals surface area (Å²) in [4.78, 5) is 13.4. The van der Waals surface area contributed by atoms with Crippen LogP contribution in [0.3, 0.4) is 0 Å². The maximum Gasteiger partial charge on any atom is 0.344 e. The number of rotatable bonds is 4. The quantitative estimate of drug-likeness (QED) is 0.317. The Morgan fingerprint density at radius 3 is 1.19 bits per heavy atom. The highest BCUT2D eigenvalue weighted by atomic mass is 16.4. The minimum absolute atomic E-state index is 0.344. The predicted molar refractivity (Wildman–Crippen MR) is 127 cm³/mol. The molecule has 0 bridgehead atoms. The van der Waals surface area contributed by atoms with Gasteiger partial charge in [-0.2, -0.15) is 0 Å². The van der Waals surface area contributed by atoms with Crippen LogP contribution in [0.4, 0.5) is 0 Å². The molecule has 1 aromatic heterocycles. The lowest BCUT2D eigenvalue weighted by atomic mass is 9.87. The molecule has 148 valence electrons. The Hall–Kier alpha value is -4.17. The molecule has 0 aliphatic carbocycles. The normalized spacial score (nSPS) is 10.7. The second-order valence-corrected chi connectivity index (χ2v) is 7.31. The van der Waals surface area contributed by atoms with E-state index in [1.807, 2.05) is 109 Å². The third-order valence-electron chi connectivity index (χ3n) is 5.35. The summed E-state index contributed by atoms with van der Waals surface area (Å²) in [5.41, 5.74) is 5.71. The van der Waals surface area contributed by atoms with Crippen molar-refractivity contribution in [1.82, 2.24) is 0 Å². The van der Waals surface area contributed by atoms with Gasteiger partial charge in [0.25, 0.3) is 0 Å². The van der Waals surface area contributed by atoms with Crippen LogP contribution in [0.1, 0.15) is 0 Å². The molecule has 1 heterocycles. The molecule has 4 aromatic carbocycles. The first-order valence-electron chi connectivity index (χ1n) is 10.3. The first-order chi connectivity index (χ1) is 15.3. The highest BCUT2D eigenvalue weighted by molar-refractivity contribution is 5.98. The Labute approximate surface area is 181 Å². The van der Waals surface area contributed by atoms with Crippen molar-refractivity contribution in [3.05, 3.63) is 132 Å². The molecule has 0 amide bonds. The van der Waals surface area contributed by atoms with Crippen molar-refractivity contribution in [3.8, 4) is 44.7 Å². The molecule has 0 saturated heterocycles. The molecule has 5 aromatic rings. The van der Waals surface area contributed by atoms with E-state index < -0.39 is 0 Å². The van der Waals surface area contributed by atoms with Crippen LogP contribution >= 0.6 is 0 Å². The van der Waals surface area contributed by atoms with Gasteiger partial charge >= 0.3 is 5.63 Å². The second-order valence-electron chi connectivity index (χ2n) is 7.31. The lowest BCUT2D eigenvalue weighted by molar-refractivity contribution is 0.530. The van der Waals surface area contributed by atoms with Crippen molar-refractivity contribution in [2.24, 2.45) is 0 Å². The van der Waals surface area contributed by atoms with E-state index in [1.165, 1.54) is 0 Å². The van der Waals surface area contributed by atoms with E-state index in [9.17, 15) is 4.79 Å². The average molecular weight is 400 g/mol. The molecular formula is C29H20O2. The van der Waals surface area contributed by atoms with Gasteiger partial charge in [0.15, 0.2) is 0 Å². The van der Waals surface area contributed by atoms with E-state index in [4.69, 9.17) is 4.42 Å². The zero-order valence-electron chi connectivity index (χ0n) is 16.9. The fourth-order valence-electron chi connectivity index (χ4n) is 3.97. The molecule has 0 spiro atoms. The largest absolute Gasteiger partial charge is 0.422 e. The highest BCUT2D eigenvalue weighted by Gasteiger charge is 2.24. The van der Waals surface area contributed by atoms with Gasteiger partial charge in [-0.3, -0.25) is 0 Å². The zero-order valence-corrected chi connectivity index (χ0v) is 16.9. The third kappa shape index (κ3) is 3.60. The predicted octanol–water partition coefficient (Wildman–Crippen LogP) is 7.31. The summed E-state index contributed by atoms with van der Waals surface area (Å²) in [6.07, 6.45) is 0. The number of hydrogen-bond acceptors (Lipinski definition) is 2. The van der Waals surface area contributed by atoms with Gasteiger partial charge in [0.05, 0.1) is 5.56 Å². The summed E-state index contributed by atoms with van der Waals surface area (Å²) in [7, 11) is 0. The molecule has 0 fully saturated rings. The molecule has 0 aliphatic rings. The van der Waals surface area contributed by atoms with E-state index in [1.54, 1.807) is 0 Å². The average Bonchev–Trinajstić information content (AvgIpc) is 2.85. The van der Waals surface area contributed by atoms with E-state index >= 15 is 0 Å². The SMILES string of the molecule is O=c1oc(-c2ccccc2)c(-c2ccccc2)c(-c2ccccc2)c1-c1ccccc1. The third-order valence-corrected chi connectivity index (χ3v) is 5.35. The van der Waals surface area contributed by atoms with E-state index in [0.29, 0.717) is 11.3 Å². The van der Waals surface area contributed by atoms with E-state index in [0.717, 1.165) is 33.4 Å². The Balaban J connectivity index is 1.97. The molecular weight excluding hydrogens is 380 g/mol. The Morgan fingerprint density at radius 1 is 0.387 bits per heavy atom. The topological polar surface area (TPSA) is 30.2 Å². The van der Waals surface area contributed by atoms with Crippen molar-refractivity contribution in [2.75, 3.05) is 0 Å². The van der Waals surface area contributed by atoms with Crippen molar-refractivity contribution >= 4 is 0 Å². The summed E-state index contributed by atoms with van der Waals surface area (Å²) in [5, 5.41) is 0. The summed E-state index contributed by atoms with van der Waals surface area (Å²) in [6, 6.07) is 39.7. The minimum Gasteiger partial charge on any atom is -0.422 e. The highest BCUT2D eigenvalue weighted by Crippen LogP contribution is 2.43. The number of benzene rings is 4. The van der Waals surface area contributed by atoms with Gasteiger partial charge < -0.3 is 4.42 Å². The van der Waals surface area contributed by atoms with Gasteiger partial charge in [0, 0.05) is 16.7 Å². The van der Waals surface area contributed by atoms with Crippen molar-refractivity contribution in [1.29, 1.82) is 0 Å². The molecule has 31 heavy (non-hydrogen) atoms. The van der Waals surface area contributed by atoms with Crippen LogP contribution in [0.25, 0.3) is 44.7 Å². The monoisotopic (exact) mass is 400 g/mol.